The number of amides is 2. The van der Waals surface area contributed by atoms with Crippen molar-refractivity contribution >= 4 is 11.8 Å². The van der Waals surface area contributed by atoms with E-state index in [1.165, 1.54) is 19.2 Å². The highest BCUT2D eigenvalue weighted by molar-refractivity contribution is 5.94. The average Bonchev–Trinajstić information content (AvgIpc) is 3.54. The fraction of sp³-hybridized carbons (Fsp3) is 0.655. The highest BCUT2D eigenvalue weighted by Crippen LogP contribution is 2.51. The maximum Gasteiger partial charge on any atom is 0.417 e. The van der Waals surface area contributed by atoms with E-state index in [4.69, 9.17) is 9.47 Å². The van der Waals surface area contributed by atoms with Crippen molar-refractivity contribution in [1.82, 2.24) is 30.3 Å². The number of hydrogen-bond acceptors (Lipinski definition) is 7. The number of ether oxygens (including phenoxy) is 2. The SMILES string of the molecule is COc1cc(-c2cc(C(=O)N3CC[C@@H](C(=O)N[C@H]4CC[C@@](OCCN(C)C)(C(F)(F)F)CC4)CC34CC4)n[nH]2)c(F)cn1. The first-order valence-corrected chi connectivity index (χ1v) is 14.6. The second-order valence-corrected chi connectivity index (χ2v) is 12.2. The first-order chi connectivity index (χ1) is 20.4. The molecule has 0 bridgehead atoms. The predicted molar refractivity (Wildman–Crippen MR) is 148 cm³/mol. The van der Waals surface area contributed by atoms with Crippen LogP contribution in [0.1, 0.15) is 61.9 Å². The zero-order valence-corrected chi connectivity index (χ0v) is 24.6. The van der Waals surface area contributed by atoms with Crippen molar-refractivity contribution in [2.75, 3.05) is 40.9 Å². The van der Waals surface area contributed by atoms with E-state index in [0.29, 0.717) is 31.6 Å². The maximum absolute atomic E-state index is 14.4. The minimum Gasteiger partial charge on any atom is -0.481 e. The highest BCUT2D eigenvalue weighted by Gasteiger charge is 2.58. The predicted octanol–water partition coefficient (Wildman–Crippen LogP) is 3.94. The van der Waals surface area contributed by atoms with E-state index in [1.807, 2.05) is 0 Å². The first-order valence-electron chi connectivity index (χ1n) is 14.6. The molecule has 43 heavy (non-hydrogen) atoms. The molecule has 0 unspecified atom stereocenters. The Bertz CT molecular complexity index is 1320. The monoisotopic (exact) mass is 610 g/mol. The van der Waals surface area contributed by atoms with Gasteiger partial charge in [0.15, 0.2) is 17.1 Å². The van der Waals surface area contributed by atoms with Gasteiger partial charge in [-0.25, -0.2) is 9.37 Å². The average molecular weight is 611 g/mol. The van der Waals surface area contributed by atoms with Crippen molar-refractivity contribution in [2.45, 2.75) is 74.7 Å². The van der Waals surface area contributed by atoms with Gasteiger partial charge < -0.3 is 24.6 Å². The molecular weight excluding hydrogens is 572 g/mol. The molecule has 2 aliphatic carbocycles. The summed E-state index contributed by atoms with van der Waals surface area (Å²) in [6.45, 7) is 0.719. The lowest BCUT2D eigenvalue weighted by Gasteiger charge is -2.42. The van der Waals surface area contributed by atoms with Crippen LogP contribution in [0.25, 0.3) is 11.3 Å². The van der Waals surface area contributed by atoms with E-state index in [-0.39, 0.29) is 73.2 Å². The van der Waals surface area contributed by atoms with Crippen LogP contribution in [-0.2, 0) is 9.53 Å². The summed E-state index contributed by atoms with van der Waals surface area (Å²) in [5, 5.41) is 9.84. The van der Waals surface area contributed by atoms with E-state index in [0.717, 1.165) is 19.0 Å². The molecule has 3 fully saturated rings. The molecule has 0 radical (unpaired) electrons. The number of halogens is 4. The zero-order chi connectivity index (χ0) is 31.0. The minimum atomic E-state index is -4.49. The van der Waals surface area contributed by atoms with Gasteiger partial charge in [0.25, 0.3) is 5.91 Å². The van der Waals surface area contributed by atoms with Crippen molar-refractivity contribution in [3.05, 3.63) is 29.8 Å². The minimum absolute atomic E-state index is 0.0160. The Labute approximate surface area is 247 Å². The second-order valence-electron chi connectivity index (χ2n) is 12.2. The standard InChI is InChI=1S/C29H38F4N6O4/c1-38(2)12-13-43-28(29(31,32)33)7-4-19(5-8-28)35-25(40)18-6-11-39(27(16-18)9-10-27)26(41)23-15-22(36-37-23)20-14-24(42-3)34-17-21(20)30/h14-15,17-19H,4-13,16H2,1-3H3,(H,35,40)(H,36,37)/t18-,19-,28-/m1/s1. The van der Waals surface area contributed by atoms with Crippen LogP contribution in [0.3, 0.4) is 0 Å². The van der Waals surface area contributed by atoms with E-state index in [1.54, 1.807) is 23.9 Å². The molecule has 2 saturated carbocycles. The highest BCUT2D eigenvalue weighted by atomic mass is 19.4. The van der Waals surface area contributed by atoms with Crippen LogP contribution < -0.4 is 10.1 Å². The lowest BCUT2D eigenvalue weighted by Crippen LogP contribution is -2.55. The Balaban J connectivity index is 1.17. The number of nitrogens with zero attached hydrogens (tertiary/aromatic N) is 4. The molecule has 3 aliphatic rings. The van der Waals surface area contributed by atoms with Gasteiger partial charge in [-0.3, -0.25) is 14.7 Å². The fourth-order valence-electron chi connectivity index (χ4n) is 6.28. The Kier molecular flexibility index (Phi) is 8.72. The number of aromatic amines is 1. The number of rotatable bonds is 9. The van der Waals surface area contributed by atoms with Crippen LogP contribution in [0.15, 0.2) is 18.3 Å². The van der Waals surface area contributed by atoms with Crippen LogP contribution in [0, 0.1) is 11.7 Å². The number of pyridine rings is 1. The summed E-state index contributed by atoms with van der Waals surface area (Å²) in [5.74, 6) is -1.19. The van der Waals surface area contributed by atoms with Crippen LogP contribution in [0.5, 0.6) is 5.88 Å². The molecule has 1 atom stereocenters. The molecule has 5 rings (SSSR count). The summed E-state index contributed by atoms with van der Waals surface area (Å²) in [5.41, 5.74) is -2.02. The fourth-order valence-corrected chi connectivity index (χ4v) is 6.28. The van der Waals surface area contributed by atoms with Crippen molar-refractivity contribution in [3.63, 3.8) is 0 Å². The van der Waals surface area contributed by atoms with Gasteiger partial charge in [-0.05, 0) is 71.5 Å². The number of hydrogen-bond donors (Lipinski definition) is 2. The summed E-state index contributed by atoms with van der Waals surface area (Å²) in [6.07, 6.45) is -1.09. The molecule has 1 saturated heterocycles. The lowest BCUT2D eigenvalue weighted by molar-refractivity contribution is -0.289. The molecule has 14 heteroatoms. The van der Waals surface area contributed by atoms with Crippen molar-refractivity contribution in [3.8, 4) is 17.1 Å². The molecule has 236 valence electrons. The summed E-state index contributed by atoms with van der Waals surface area (Å²) in [6, 6.07) is 2.55. The number of aromatic nitrogens is 3. The molecule has 0 aromatic carbocycles. The van der Waals surface area contributed by atoms with Crippen molar-refractivity contribution < 1.29 is 36.6 Å². The van der Waals surface area contributed by atoms with Crippen LogP contribution in [0.4, 0.5) is 17.6 Å². The molecule has 1 spiro atoms. The molecule has 2 amide bonds. The summed E-state index contributed by atoms with van der Waals surface area (Å²) in [4.78, 5) is 34.0. The van der Waals surface area contributed by atoms with Gasteiger partial charge in [-0.2, -0.15) is 18.3 Å². The third kappa shape index (κ3) is 6.49. The smallest absolute Gasteiger partial charge is 0.417 e. The summed E-state index contributed by atoms with van der Waals surface area (Å²) in [7, 11) is 4.97. The van der Waals surface area contributed by atoms with Gasteiger partial charge in [0.1, 0.15) is 0 Å². The number of likely N-dealkylation sites (N-methyl/N-ethyl adjacent to an activating group) is 1. The number of likely N-dealkylation sites (tertiary alicyclic amines) is 1. The van der Waals surface area contributed by atoms with Crippen LogP contribution >= 0.6 is 0 Å². The molecule has 10 nitrogen and oxygen atoms in total. The van der Waals surface area contributed by atoms with Crippen LogP contribution in [0.2, 0.25) is 0 Å². The quantitative estimate of drug-likeness (QED) is 0.414. The van der Waals surface area contributed by atoms with Gasteiger partial charge >= 0.3 is 6.18 Å². The number of carbonyl (C=O) groups excluding carboxylic acids is 2. The van der Waals surface area contributed by atoms with Crippen molar-refractivity contribution in [1.29, 1.82) is 0 Å². The number of nitrogens with one attached hydrogen (secondary N) is 2. The Hall–Kier alpha value is -3.26. The number of methoxy groups -OCH3 is 1. The van der Waals surface area contributed by atoms with Crippen molar-refractivity contribution in [2.24, 2.45) is 5.92 Å². The lowest BCUT2D eigenvalue weighted by atomic mass is 9.80. The molecule has 2 N–H and O–H groups in total. The number of alkyl halides is 3. The Morgan fingerprint density at radius 3 is 2.51 bits per heavy atom. The summed E-state index contributed by atoms with van der Waals surface area (Å²) >= 11 is 0. The summed E-state index contributed by atoms with van der Waals surface area (Å²) < 4.78 is 66.8. The zero-order valence-electron chi connectivity index (χ0n) is 24.6. The van der Waals surface area contributed by atoms with Crippen LogP contribution in [-0.4, -0.2) is 101 Å². The normalized spacial score (nSPS) is 25.2. The Morgan fingerprint density at radius 2 is 1.88 bits per heavy atom. The van der Waals surface area contributed by atoms with Gasteiger partial charge in [-0.1, -0.05) is 0 Å². The molecular formula is C29H38F4N6O4. The molecule has 2 aromatic rings. The second kappa shape index (κ2) is 12.0. The number of H-pyrrole nitrogens is 1. The van der Waals surface area contributed by atoms with Gasteiger partial charge in [0, 0.05) is 42.2 Å². The molecule has 2 aromatic heterocycles. The molecule has 1 aliphatic heterocycles. The van der Waals surface area contributed by atoms with Gasteiger partial charge in [-0.15, -0.1) is 0 Å². The molecule has 3 heterocycles. The number of carbonyl (C=O) groups is 2. The largest absolute Gasteiger partial charge is 0.481 e. The Morgan fingerprint density at radius 1 is 1.16 bits per heavy atom. The maximum atomic E-state index is 14.4. The van der Waals surface area contributed by atoms with Gasteiger partial charge in [0.05, 0.1) is 25.6 Å². The third-order valence-corrected chi connectivity index (χ3v) is 9.04. The first kappa shape index (κ1) is 31.2. The van der Waals surface area contributed by atoms with Gasteiger partial charge in [0.2, 0.25) is 11.8 Å². The third-order valence-electron chi connectivity index (χ3n) is 9.04. The van der Waals surface area contributed by atoms with E-state index >= 15 is 0 Å². The van der Waals surface area contributed by atoms with E-state index < -0.39 is 23.1 Å². The topological polar surface area (TPSA) is 113 Å². The van der Waals surface area contributed by atoms with E-state index in [2.05, 4.69) is 20.5 Å². The van der Waals surface area contributed by atoms with E-state index in [9.17, 15) is 27.2 Å². The number of piperidine rings is 1.